The second-order valence-electron chi connectivity index (χ2n) is 3.65. The molecule has 1 rings (SSSR count). The maximum atomic E-state index is 11.2. The Balaban J connectivity index is 2.66. The number of nitro groups is 1. The second-order valence-corrected chi connectivity index (χ2v) is 4.54. The molecule has 2 atom stereocenters. The molecule has 0 aliphatic rings. The molecular formula is C10H13NO5S. The first-order valence-electron chi connectivity index (χ1n) is 4.94. The van der Waals surface area contributed by atoms with Crippen molar-refractivity contribution >= 4 is 22.3 Å². The van der Waals surface area contributed by atoms with Crippen LogP contribution >= 0.6 is 11.3 Å². The summed E-state index contributed by atoms with van der Waals surface area (Å²) in [6, 6.07) is 1.32. The number of carbonyl (C=O) groups is 1. The average molecular weight is 259 g/mol. The van der Waals surface area contributed by atoms with Gasteiger partial charge in [0.15, 0.2) is 0 Å². The summed E-state index contributed by atoms with van der Waals surface area (Å²) in [5.41, 5.74) is 0.456. The van der Waals surface area contributed by atoms with Crippen LogP contribution in [0.25, 0.3) is 0 Å². The van der Waals surface area contributed by atoms with Crippen LogP contribution in [-0.2, 0) is 9.53 Å². The molecule has 1 aromatic rings. The van der Waals surface area contributed by atoms with Crippen molar-refractivity contribution in [1.82, 2.24) is 0 Å². The summed E-state index contributed by atoms with van der Waals surface area (Å²) >= 11 is 0.952. The first-order chi connectivity index (χ1) is 7.95. The Labute approximate surface area is 102 Å². The summed E-state index contributed by atoms with van der Waals surface area (Å²) in [5, 5.41) is 21.8. The fraction of sp³-hybridized carbons (Fsp3) is 0.500. The number of esters is 1. The fourth-order valence-electron chi connectivity index (χ4n) is 1.38. The summed E-state index contributed by atoms with van der Waals surface area (Å²) < 4.78 is 4.54. The molecule has 1 N–H and O–H groups in total. The summed E-state index contributed by atoms with van der Waals surface area (Å²) in [7, 11) is 1.28. The van der Waals surface area contributed by atoms with Crippen LogP contribution in [0.4, 0.5) is 5.00 Å². The van der Waals surface area contributed by atoms with Crippen molar-refractivity contribution in [2.75, 3.05) is 7.11 Å². The molecule has 0 bridgehead atoms. The van der Waals surface area contributed by atoms with Gasteiger partial charge in [0, 0.05) is 11.4 Å². The number of ether oxygens (including phenoxy) is 1. The number of thiophene rings is 1. The van der Waals surface area contributed by atoms with Crippen LogP contribution in [0.3, 0.4) is 0 Å². The van der Waals surface area contributed by atoms with Crippen molar-refractivity contribution in [1.29, 1.82) is 0 Å². The Morgan fingerprint density at radius 3 is 2.82 bits per heavy atom. The molecule has 0 aliphatic heterocycles. The highest BCUT2D eigenvalue weighted by atomic mass is 32.1. The molecule has 0 aromatic carbocycles. The van der Waals surface area contributed by atoms with Crippen LogP contribution in [0.15, 0.2) is 11.4 Å². The number of aliphatic hydroxyl groups excluding tert-OH is 1. The van der Waals surface area contributed by atoms with E-state index < -0.39 is 22.9 Å². The Morgan fingerprint density at radius 2 is 2.35 bits per heavy atom. The van der Waals surface area contributed by atoms with Crippen molar-refractivity contribution in [3.8, 4) is 0 Å². The molecule has 6 nitrogen and oxygen atoms in total. The lowest BCUT2D eigenvalue weighted by Gasteiger charge is -2.13. The lowest BCUT2D eigenvalue weighted by Crippen LogP contribution is -2.15. The first-order valence-corrected chi connectivity index (χ1v) is 5.82. The zero-order valence-corrected chi connectivity index (χ0v) is 10.3. The van der Waals surface area contributed by atoms with Gasteiger partial charge < -0.3 is 9.84 Å². The molecule has 0 saturated heterocycles. The molecule has 2 unspecified atom stereocenters. The van der Waals surface area contributed by atoms with Gasteiger partial charge in [-0.3, -0.25) is 14.9 Å². The molecular weight excluding hydrogens is 246 g/mol. The van der Waals surface area contributed by atoms with Gasteiger partial charge in [-0.15, -0.1) is 0 Å². The van der Waals surface area contributed by atoms with E-state index in [0.717, 1.165) is 11.3 Å². The minimum Gasteiger partial charge on any atom is -0.469 e. The van der Waals surface area contributed by atoms with E-state index in [-0.39, 0.29) is 11.4 Å². The smallest absolute Gasteiger partial charge is 0.324 e. The normalized spacial score (nSPS) is 14.1. The summed E-state index contributed by atoms with van der Waals surface area (Å²) in [6.07, 6.45) is -0.713. The zero-order chi connectivity index (χ0) is 13.0. The predicted octanol–water partition coefficient (Wildman–Crippen LogP) is 1.89. The number of hydrogen-bond donors (Lipinski definition) is 1. The Hall–Kier alpha value is -1.47. The highest BCUT2D eigenvalue weighted by molar-refractivity contribution is 7.13. The van der Waals surface area contributed by atoms with Gasteiger partial charge in [-0.25, -0.2) is 0 Å². The van der Waals surface area contributed by atoms with Crippen molar-refractivity contribution in [3.63, 3.8) is 0 Å². The Bertz CT molecular complexity index is 417. The molecule has 0 amide bonds. The maximum absolute atomic E-state index is 11.2. The molecule has 0 aliphatic carbocycles. The van der Waals surface area contributed by atoms with Crippen LogP contribution in [0.2, 0.25) is 0 Å². The largest absolute Gasteiger partial charge is 0.469 e. The number of aliphatic hydroxyl groups is 1. The van der Waals surface area contributed by atoms with E-state index in [1.54, 1.807) is 6.92 Å². The minimum atomic E-state index is -0.894. The molecule has 0 fully saturated rings. The van der Waals surface area contributed by atoms with E-state index in [9.17, 15) is 20.0 Å². The van der Waals surface area contributed by atoms with Crippen molar-refractivity contribution in [2.24, 2.45) is 5.92 Å². The quantitative estimate of drug-likeness (QED) is 0.495. The van der Waals surface area contributed by atoms with Crippen LogP contribution in [0.1, 0.15) is 25.0 Å². The lowest BCUT2D eigenvalue weighted by atomic mass is 10.0. The van der Waals surface area contributed by atoms with Gasteiger partial charge in [0.25, 0.3) is 0 Å². The van der Waals surface area contributed by atoms with Gasteiger partial charge in [0.05, 0.1) is 24.1 Å². The van der Waals surface area contributed by atoms with Crippen molar-refractivity contribution in [3.05, 3.63) is 27.1 Å². The van der Waals surface area contributed by atoms with Crippen molar-refractivity contribution < 1.29 is 19.6 Å². The standard InChI is InChI=1S/C10H13NO5S/c1-6(10(13)16-2)3-8(12)7-4-9(11(14)15)17-5-7/h4-6,8,12H,3H2,1-2H3. The molecule has 1 aromatic heterocycles. The van der Waals surface area contributed by atoms with Crippen LogP contribution < -0.4 is 0 Å². The van der Waals surface area contributed by atoms with E-state index in [1.807, 2.05) is 0 Å². The number of methoxy groups -OCH3 is 1. The molecule has 0 radical (unpaired) electrons. The van der Waals surface area contributed by atoms with E-state index in [4.69, 9.17) is 0 Å². The number of carbonyl (C=O) groups excluding carboxylic acids is 1. The summed E-state index contributed by atoms with van der Waals surface area (Å²) in [4.78, 5) is 21.1. The highest BCUT2D eigenvalue weighted by Gasteiger charge is 2.21. The van der Waals surface area contributed by atoms with Crippen molar-refractivity contribution in [2.45, 2.75) is 19.4 Å². The van der Waals surface area contributed by atoms with E-state index in [2.05, 4.69) is 4.74 Å². The summed E-state index contributed by atoms with van der Waals surface area (Å²) in [5.74, 6) is -0.859. The van der Waals surface area contributed by atoms with Gasteiger partial charge in [-0.2, -0.15) is 0 Å². The molecule has 0 saturated carbocycles. The second kappa shape index (κ2) is 5.74. The lowest BCUT2D eigenvalue weighted by molar-refractivity contribution is -0.380. The van der Waals surface area contributed by atoms with Crippen LogP contribution in [0, 0.1) is 16.0 Å². The summed E-state index contributed by atoms with van der Waals surface area (Å²) in [6.45, 7) is 1.63. The van der Waals surface area contributed by atoms with Crippen LogP contribution in [0.5, 0.6) is 0 Å². The zero-order valence-electron chi connectivity index (χ0n) is 9.45. The molecule has 7 heteroatoms. The number of hydrogen-bond acceptors (Lipinski definition) is 6. The third-order valence-corrected chi connectivity index (χ3v) is 3.25. The van der Waals surface area contributed by atoms with Gasteiger partial charge >= 0.3 is 11.0 Å². The minimum absolute atomic E-state index is 0.0234. The van der Waals surface area contributed by atoms with E-state index >= 15 is 0 Å². The number of nitrogens with zero attached hydrogens (tertiary/aromatic N) is 1. The van der Waals surface area contributed by atoms with Crippen LogP contribution in [-0.4, -0.2) is 23.1 Å². The van der Waals surface area contributed by atoms with E-state index in [0.29, 0.717) is 5.56 Å². The maximum Gasteiger partial charge on any atom is 0.324 e. The predicted molar refractivity (Wildman–Crippen MR) is 61.7 cm³/mol. The monoisotopic (exact) mass is 259 g/mol. The topological polar surface area (TPSA) is 89.7 Å². The SMILES string of the molecule is COC(=O)C(C)CC(O)c1csc([N+](=O)[O-])c1. The van der Waals surface area contributed by atoms with Gasteiger partial charge in [0.1, 0.15) is 0 Å². The fourth-order valence-corrected chi connectivity index (χ4v) is 2.15. The first kappa shape index (κ1) is 13.6. The van der Waals surface area contributed by atoms with E-state index in [1.165, 1.54) is 18.6 Å². The molecule has 1 heterocycles. The third kappa shape index (κ3) is 3.50. The highest BCUT2D eigenvalue weighted by Crippen LogP contribution is 2.30. The Kier molecular flexibility index (Phi) is 4.59. The Morgan fingerprint density at radius 1 is 1.71 bits per heavy atom. The third-order valence-electron chi connectivity index (χ3n) is 2.35. The molecule has 17 heavy (non-hydrogen) atoms. The van der Waals surface area contributed by atoms with Gasteiger partial charge in [0.2, 0.25) is 0 Å². The van der Waals surface area contributed by atoms with Gasteiger partial charge in [-0.05, 0) is 12.0 Å². The average Bonchev–Trinajstić information content (AvgIpc) is 2.77. The molecule has 94 valence electrons. The number of rotatable bonds is 5. The molecule has 0 spiro atoms. The van der Waals surface area contributed by atoms with Gasteiger partial charge in [-0.1, -0.05) is 18.3 Å².